The minimum Gasteiger partial charge on any atom is -0.507 e. The van der Waals surface area contributed by atoms with Gasteiger partial charge in [0.05, 0.1) is 0 Å². The first-order chi connectivity index (χ1) is 24.9. The smallest absolute Gasteiger partial charge is 0.147 e. The van der Waals surface area contributed by atoms with Crippen LogP contribution in [-0.4, -0.2) is 5.11 Å². The van der Waals surface area contributed by atoms with Crippen LogP contribution in [0.1, 0.15) is 11.1 Å². The zero-order valence-corrected chi connectivity index (χ0v) is 29.8. The molecule has 8 rings (SSSR count). The van der Waals surface area contributed by atoms with E-state index in [9.17, 15) is 5.11 Å². The Hall–Kier alpha value is -5.46. The lowest BCUT2D eigenvalue weighted by Gasteiger charge is -2.23. The van der Waals surface area contributed by atoms with Crippen molar-refractivity contribution in [1.82, 2.24) is 0 Å². The molecule has 0 saturated heterocycles. The molecule has 0 aliphatic rings. The lowest BCUT2D eigenvalue weighted by atomic mass is 9.90. The Bertz CT molecular complexity index is 2500. The van der Waals surface area contributed by atoms with Gasteiger partial charge in [-0.25, -0.2) is 0 Å². The van der Waals surface area contributed by atoms with Gasteiger partial charge in [-0.3, -0.25) is 0 Å². The maximum Gasteiger partial charge on any atom is 0.147 e. The van der Waals surface area contributed by atoms with Crippen LogP contribution < -0.4 is 21.2 Å². The van der Waals surface area contributed by atoms with Crippen LogP contribution in [0.25, 0.3) is 32.7 Å². The van der Waals surface area contributed by atoms with Crippen molar-refractivity contribution in [2.45, 2.75) is 12.3 Å². The second kappa shape index (κ2) is 13.7. The zero-order valence-electron chi connectivity index (χ0n) is 28.0. The number of phenols is 1. The fourth-order valence-electron chi connectivity index (χ4n) is 7.29. The third-order valence-electron chi connectivity index (χ3n) is 9.78. The first kappa shape index (κ1) is 32.7. The van der Waals surface area contributed by atoms with Crippen LogP contribution in [0.15, 0.2) is 188 Å². The molecule has 0 amide bonds. The van der Waals surface area contributed by atoms with Gasteiger partial charge in [0.15, 0.2) is 0 Å². The van der Waals surface area contributed by atoms with Gasteiger partial charge in [0.2, 0.25) is 0 Å². The number of hydrogen-bond donors (Lipinski definition) is 1. The first-order valence-corrected chi connectivity index (χ1v) is 20.9. The van der Waals surface area contributed by atoms with Gasteiger partial charge >= 0.3 is 0 Å². The quantitative estimate of drug-likeness (QED) is 0.153. The van der Waals surface area contributed by atoms with Gasteiger partial charge in [-0.1, -0.05) is 176 Å². The van der Waals surface area contributed by atoms with Crippen LogP contribution in [-0.2, 0) is 21.5 Å². The van der Waals surface area contributed by atoms with E-state index in [2.05, 4.69) is 24.3 Å². The molecule has 248 valence electrons. The van der Waals surface area contributed by atoms with Gasteiger partial charge in [-0.2, -0.15) is 0 Å². The fraction of sp³-hybridized carbons (Fsp3) is 0.0435. The highest BCUT2D eigenvalue weighted by molar-refractivity contribution is 7.78. The summed E-state index contributed by atoms with van der Waals surface area (Å²) in [7, 11) is -6.31. The SMILES string of the molecule is O=P(Cc1cc(-c2c(O)c(CP(=O)(c3ccccc3)c3ccccc3)cc3ccccc23)c2ccccc2c1)(c1ccccc1)c1ccccc1. The van der Waals surface area contributed by atoms with E-state index in [4.69, 9.17) is 0 Å². The summed E-state index contributed by atoms with van der Waals surface area (Å²) < 4.78 is 30.5. The summed E-state index contributed by atoms with van der Waals surface area (Å²) in [4.78, 5) is 0. The summed E-state index contributed by atoms with van der Waals surface area (Å²) in [6, 6.07) is 61.1. The van der Waals surface area contributed by atoms with Gasteiger partial charge in [-0.05, 0) is 44.8 Å². The molecule has 0 aliphatic carbocycles. The minimum atomic E-state index is -3.21. The predicted molar refractivity (Wildman–Crippen MR) is 215 cm³/mol. The van der Waals surface area contributed by atoms with Crippen LogP contribution in [0.5, 0.6) is 5.75 Å². The highest BCUT2D eigenvalue weighted by Crippen LogP contribution is 2.52. The molecule has 0 atom stereocenters. The molecule has 3 nitrogen and oxygen atoms in total. The predicted octanol–water partition coefficient (Wildman–Crippen LogP) is 10.4. The summed E-state index contributed by atoms with van der Waals surface area (Å²) in [5.41, 5.74) is 3.06. The van der Waals surface area contributed by atoms with Crippen molar-refractivity contribution < 1.29 is 14.2 Å². The van der Waals surface area contributed by atoms with E-state index in [0.29, 0.717) is 17.3 Å². The number of benzene rings is 8. The van der Waals surface area contributed by atoms with Crippen molar-refractivity contribution in [1.29, 1.82) is 0 Å². The molecule has 8 aromatic rings. The summed E-state index contributed by atoms with van der Waals surface area (Å²) in [5, 5.41) is 19.4. The van der Waals surface area contributed by atoms with Crippen LogP contribution in [0, 0.1) is 0 Å². The lowest BCUT2D eigenvalue weighted by molar-refractivity contribution is 0.473. The van der Waals surface area contributed by atoms with E-state index in [1.165, 1.54) is 0 Å². The van der Waals surface area contributed by atoms with E-state index >= 15 is 9.13 Å². The van der Waals surface area contributed by atoms with Crippen molar-refractivity contribution in [3.05, 3.63) is 199 Å². The maximum atomic E-state index is 15.3. The van der Waals surface area contributed by atoms with Crippen LogP contribution >= 0.6 is 14.3 Å². The molecule has 0 radical (unpaired) electrons. The Morgan fingerprint density at radius 3 is 1.29 bits per heavy atom. The molecule has 0 aliphatic heterocycles. The number of aromatic hydroxyl groups is 1. The minimum absolute atomic E-state index is 0.109. The second-order valence-electron chi connectivity index (χ2n) is 13.0. The normalized spacial score (nSPS) is 11.9. The molecule has 8 aromatic carbocycles. The Kier molecular flexibility index (Phi) is 8.78. The molecule has 0 bridgehead atoms. The van der Waals surface area contributed by atoms with Crippen molar-refractivity contribution in [3.63, 3.8) is 0 Å². The van der Waals surface area contributed by atoms with E-state index in [-0.39, 0.29) is 11.9 Å². The summed E-state index contributed by atoms with van der Waals surface area (Å²) >= 11 is 0. The largest absolute Gasteiger partial charge is 0.507 e. The molecule has 5 heteroatoms. The Morgan fingerprint density at radius 1 is 0.412 bits per heavy atom. The number of phenolic OH excluding ortho intramolecular Hbond substituents is 1. The molecule has 0 spiro atoms. The van der Waals surface area contributed by atoms with E-state index in [1.807, 2.05) is 164 Å². The van der Waals surface area contributed by atoms with Crippen LogP contribution in [0.3, 0.4) is 0 Å². The average Bonchev–Trinajstić information content (AvgIpc) is 3.19. The molecule has 0 unspecified atom stereocenters. The molecule has 0 fully saturated rings. The molecule has 0 heterocycles. The topological polar surface area (TPSA) is 54.4 Å². The first-order valence-electron chi connectivity index (χ1n) is 17.1. The van der Waals surface area contributed by atoms with Gasteiger partial charge in [0, 0.05) is 44.7 Å². The third-order valence-corrected chi connectivity index (χ3v) is 15.9. The van der Waals surface area contributed by atoms with Crippen molar-refractivity contribution in [2.24, 2.45) is 0 Å². The molecule has 51 heavy (non-hydrogen) atoms. The second-order valence-corrected chi connectivity index (χ2v) is 18.6. The summed E-state index contributed by atoms with van der Waals surface area (Å²) in [5.74, 6) is 0.109. The van der Waals surface area contributed by atoms with E-state index in [1.54, 1.807) is 0 Å². The molecule has 1 N–H and O–H groups in total. The molecular formula is C46H36O3P2. The standard InChI is InChI=1S/C46H36O3P2/c47-46-37(33-51(49,40-23-9-3-10-24-40)41-25-11-4-12-26-41)31-36-18-14-16-28-43(36)45(46)44-30-34(29-35-17-13-15-27-42(35)44)32-50(48,38-19-5-1-6-20-38)39-21-7-2-8-22-39/h1-31,47H,32-33H2. The molecular weight excluding hydrogens is 662 g/mol. The van der Waals surface area contributed by atoms with Gasteiger partial charge in [0.25, 0.3) is 0 Å². The van der Waals surface area contributed by atoms with Gasteiger partial charge < -0.3 is 14.2 Å². The van der Waals surface area contributed by atoms with Crippen molar-refractivity contribution in [2.75, 3.05) is 0 Å². The fourth-order valence-corrected chi connectivity index (χ4v) is 12.7. The third kappa shape index (κ3) is 6.14. The lowest BCUT2D eigenvalue weighted by Crippen LogP contribution is -2.17. The van der Waals surface area contributed by atoms with Crippen molar-refractivity contribution >= 4 is 57.0 Å². The Labute approximate surface area is 298 Å². The molecule has 0 saturated carbocycles. The number of fused-ring (bicyclic) bond motifs is 2. The average molecular weight is 699 g/mol. The van der Waals surface area contributed by atoms with E-state index < -0.39 is 14.3 Å². The summed E-state index contributed by atoms with van der Waals surface area (Å²) in [6.07, 6.45) is 0.466. The van der Waals surface area contributed by atoms with Crippen LogP contribution in [0.2, 0.25) is 0 Å². The highest BCUT2D eigenvalue weighted by atomic mass is 31.2. The van der Waals surface area contributed by atoms with Crippen molar-refractivity contribution in [3.8, 4) is 16.9 Å². The Balaban J connectivity index is 1.35. The molecule has 0 aromatic heterocycles. The van der Waals surface area contributed by atoms with E-state index in [0.717, 1.165) is 53.9 Å². The zero-order chi connectivity index (χ0) is 34.8. The Morgan fingerprint density at radius 2 is 0.804 bits per heavy atom. The van der Waals surface area contributed by atoms with Crippen LogP contribution in [0.4, 0.5) is 0 Å². The number of rotatable bonds is 9. The summed E-state index contributed by atoms with van der Waals surface area (Å²) in [6.45, 7) is 0. The number of hydrogen-bond acceptors (Lipinski definition) is 3. The van der Waals surface area contributed by atoms with Gasteiger partial charge in [0.1, 0.15) is 20.0 Å². The monoisotopic (exact) mass is 698 g/mol. The highest BCUT2D eigenvalue weighted by Gasteiger charge is 2.31. The van der Waals surface area contributed by atoms with Gasteiger partial charge in [-0.15, -0.1) is 0 Å². The maximum absolute atomic E-state index is 15.3.